The van der Waals surface area contributed by atoms with Crippen molar-refractivity contribution in [1.82, 2.24) is 0 Å². The second-order valence-electron chi connectivity index (χ2n) is 6.19. The van der Waals surface area contributed by atoms with Gasteiger partial charge in [0, 0.05) is 33.8 Å². The van der Waals surface area contributed by atoms with Crippen molar-refractivity contribution in [1.29, 1.82) is 0 Å². The van der Waals surface area contributed by atoms with Crippen molar-refractivity contribution in [3.63, 3.8) is 0 Å². The molecule has 2 aromatic carbocycles. The molecular formula is C19H20BrNO2. The largest absolute Gasteiger partial charge is 0.496 e. The molecule has 0 aromatic heterocycles. The lowest BCUT2D eigenvalue weighted by Gasteiger charge is -2.43. The van der Waals surface area contributed by atoms with E-state index >= 15 is 0 Å². The zero-order valence-electron chi connectivity index (χ0n) is 13.1. The maximum absolute atomic E-state index is 6.19. The Bertz CT molecular complexity index is 718. The van der Waals surface area contributed by atoms with Crippen LogP contribution in [0.1, 0.15) is 36.1 Å². The number of anilines is 1. The third-order valence-electron chi connectivity index (χ3n) is 4.90. The molecule has 2 aliphatic rings. The summed E-state index contributed by atoms with van der Waals surface area (Å²) in [5.74, 6) is 1.36. The molecule has 4 heteroatoms. The number of hydrogen-bond donors (Lipinski definition) is 1. The van der Waals surface area contributed by atoms with E-state index in [0.29, 0.717) is 5.92 Å². The van der Waals surface area contributed by atoms with Crippen LogP contribution in [0.4, 0.5) is 5.69 Å². The molecule has 23 heavy (non-hydrogen) atoms. The second kappa shape index (κ2) is 6.17. The van der Waals surface area contributed by atoms with Crippen molar-refractivity contribution in [3.05, 3.63) is 58.1 Å². The van der Waals surface area contributed by atoms with Gasteiger partial charge in [-0.15, -0.1) is 0 Å². The predicted octanol–water partition coefficient (Wildman–Crippen LogP) is 5.09. The molecule has 2 aliphatic heterocycles. The van der Waals surface area contributed by atoms with Gasteiger partial charge in [0.15, 0.2) is 0 Å². The Hall–Kier alpha value is -1.52. The van der Waals surface area contributed by atoms with Crippen LogP contribution in [0.5, 0.6) is 5.75 Å². The summed E-state index contributed by atoms with van der Waals surface area (Å²) < 4.78 is 12.9. The van der Waals surface area contributed by atoms with E-state index in [2.05, 4.69) is 51.6 Å². The van der Waals surface area contributed by atoms with Crippen LogP contribution in [0.2, 0.25) is 0 Å². The third-order valence-corrected chi connectivity index (χ3v) is 5.39. The van der Waals surface area contributed by atoms with E-state index in [-0.39, 0.29) is 12.1 Å². The molecule has 2 aromatic rings. The summed E-state index contributed by atoms with van der Waals surface area (Å²) in [5, 5.41) is 3.73. The molecule has 0 radical (unpaired) electrons. The van der Waals surface area contributed by atoms with Gasteiger partial charge in [-0.05, 0) is 37.1 Å². The van der Waals surface area contributed by atoms with E-state index in [1.807, 2.05) is 12.1 Å². The Labute approximate surface area is 145 Å². The molecule has 0 bridgehead atoms. The Morgan fingerprint density at radius 2 is 2.04 bits per heavy atom. The zero-order chi connectivity index (χ0) is 15.8. The van der Waals surface area contributed by atoms with Crippen molar-refractivity contribution in [2.75, 3.05) is 19.0 Å². The Morgan fingerprint density at radius 3 is 2.91 bits per heavy atom. The Kier molecular flexibility index (Phi) is 4.04. The lowest BCUT2D eigenvalue weighted by atomic mass is 9.77. The number of nitrogens with one attached hydrogen (secondary N) is 1. The second-order valence-corrected chi connectivity index (χ2v) is 7.11. The Balaban J connectivity index is 1.80. The van der Waals surface area contributed by atoms with Crippen LogP contribution in [0.25, 0.3) is 0 Å². The van der Waals surface area contributed by atoms with Crippen molar-refractivity contribution < 1.29 is 9.47 Å². The molecule has 1 N–H and O–H groups in total. The van der Waals surface area contributed by atoms with Gasteiger partial charge >= 0.3 is 0 Å². The van der Waals surface area contributed by atoms with Crippen molar-refractivity contribution >= 4 is 21.6 Å². The molecule has 0 saturated carbocycles. The van der Waals surface area contributed by atoms with Crippen LogP contribution in [-0.2, 0) is 4.74 Å². The van der Waals surface area contributed by atoms with Crippen LogP contribution in [-0.4, -0.2) is 13.7 Å². The number of halogens is 1. The highest BCUT2D eigenvalue weighted by Crippen LogP contribution is 2.50. The van der Waals surface area contributed by atoms with Crippen molar-refractivity contribution in [3.8, 4) is 5.75 Å². The molecule has 120 valence electrons. The molecule has 1 saturated heterocycles. The number of fused-ring (bicyclic) bond motifs is 3. The third kappa shape index (κ3) is 2.64. The van der Waals surface area contributed by atoms with Gasteiger partial charge in [0.1, 0.15) is 5.75 Å². The van der Waals surface area contributed by atoms with E-state index in [1.165, 1.54) is 11.1 Å². The van der Waals surface area contributed by atoms with Crippen molar-refractivity contribution in [2.24, 2.45) is 5.92 Å². The highest BCUT2D eigenvalue weighted by atomic mass is 79.9. The first-order valence-electron chi connectivity index (χ1n) is 8.08. The molecule has 1 unspecified atom stereocenters. The average Bonchev–Trinajstić information content (AvgIpc) is 2.61. The minimum Gasteiger partial charge on any atom is -0.496 e. The van der Waals surface area contributed by atoms with Crippen LogP contribution in [0, 0.1) is 5.92 Å². The SMILES string of the molecule is COc1ccccc1C1Nc2ccc(Br)cc2[C@H]2OCCC[C@@H]12. The summed E-state index contributed by atoms with van der Waals surface area (Å²) in [6.07, 6.45) is 2.41. The van der Waals surface area contributed by atoms with E-state index < -0.39 is 0 Å². The van der Waals surface area contributed by atoms with E-state index in [0.717, 1.165) is 35.4 Å². The first-order valence-corrected chi connectivity index (χ1v) is 8.88. The predicted molar refractivity (Wildman–Crippen MR) is 94.9 cm³/mol. The fourth-order valence-electron chi connectivity index (χ4n) is 3.87. The zero-order valence-corrected chi connectivity index (χ0v) is 14.7. The lowest BCUT2D eigenvalue weighted by Crippen LogP contribution is -2.36. The normalized spacial score (nSPS) is 25.9. The van der Waals surface area contributed by atoms with Crippen molar-refractivity contribution in [2.45, 2.75) is 25.0 Å². The molecular weight excluding hydrogens is 354 g/mol. The van der Waals surface area contributed by atoms with Gasteiger partial charge in [-0.3, -0.25) is 0 Å². The van der Waals surface area contributed by atoms with Crippen LogP contribution in [0.3, 0.4) is 0 Å². The fraction of sp³-hybridized carbons (Fsp3) is 0.368. The minimum absolute atomic E-state index is 0.146. The van der Waals surface area contributed by atoms with Gasteiger partial charge < -0.3 is 14.8 Å². The van der Waals surface area contributed by atoms with E-state index in [4.69, 9.17) is 9.47 Å². The van der Waals surface area contributed by atoms with Gasteiger partial charge in [0.05, 0.1) is 19.3 Å². The van der Waals surface area contributed by atoms with Gasteiger partial charge in [-0.2, -0.15) is 0 Å². The average molecular weight is 374 g/mol. The highest BCUT2D eigenvalue weighted by molar-refractivity contribution is 9.10. The van der Waals surface area contributed by atoms with Crippen LogP contribution >= 0.6 is 15.9 Å². The van der Waals surface area contributed by atoms with Gasteiger partial charge in [0.25, 0.3) is 0 Å². The molecule has 4 rings (SSSR count). The molecule has 3 nitrogen and oxygen atoms in total. The number of rotatable bonds is 2. The monoisotopic (exact) mass is 373 g/mol. The molecule has 3 atom stereocenters. The quantitative estimate of drug-likeness (QED) is 0.794. The summed E-state index contributed by atoms with van der Waals surface area (Å²) in [6.45, 7) is 0.839. The van der Waals surface area contributed by atoms with E-state index in [9.17, 15) is 0 Å². The summed E-state index contributed by atoms with van der Waals surface area (Å²) in [5.41, 5.74) is 3.63. The number of hydrogen-bond acceptors (Lipinski definition) is 3. The van der Waals surface area contributed by atoms with Gasteiger partial charge in [-0.1, -0.05) is 34.1 Å². The molecule has 0 amide bonds. The molecule has 0 spiro atoms. The topological polar surface area (TPSA) is 30.5 Å². The summed E-state index contributed by atoms with van der Waals surface area (Å²) in [7, 11) is 1.74. The van der Waals surface area contributed by atoms with Crippen LogP contribution < -0.4 is 10.1 Å². The summed E-state index contributed by atoms with van der Waals surface area (Å²) in [6, 6.07) is 14.9. The first-order chi connectivity index (χ1) is 11.3. The summed E-state index contributed by atoms with van der Waals surface area (Å²) >= 11 is 3.59. The molecule has 1 fully saturated rings. The maximum atomic E-state index is 6.19. The fourth-order valence-corrected chi connectivity index (χ4v) is 4.25. The van der Waals surface area contributed by atoms with Gasteiger partial charge in [0.2, 0.25) is 0 Å². The minimum atomic E-state index is 0.146. The Morgan fingerprint density at radius 1 is 1.17 bits per heavy atom. The van der Waals surface area contributed by atoms with Crippen LogP contribution in [0.15, 0.2) is 46.9 Å². The number of methoxy groups -OCH3 is 1. The van der Waals surface area contributed by atoms with E-state index in [1.54, 1.807) is 7.11 Å². The molecule has 2 heterocycles. The maximum Gasteiger partial charge on any atom is 0.124 e. The standard InChI is InChI=1S/C19H20BrNO2/c1-22-17-7-3-2-5-13(17)18-14-6-4-10-23-19(14)15-11-12(20)8-9-16(15)21-18/h2-3,5,7-9,11,14,18-19,21H,4,6,10H2,1H3/t14-,18?,19-/m0/s1. The number of para-hydroxylation sites is 1. The summed E-state index contributed by atoms with van der Waals surface area (Å²) in [4.78, 5) is 0. The number of ether oxygens (including phenoxy) is 2. The highest BCUT2D eigenvalue weighted by Gasteiger charge is 2.40. The lowest BCUT2D eigenvalue weighted by molar-refractivity contribution is -0.0383. The number of benzene rings is 2. The van der Waals surface area contributed by atoms with Gasteiger partial charge in [-0.25, -0.2) is 0 Å². The smallest absolute Gasteiger partial charge is 0.124 e. The first kappa shape index (κ1) is 15.0. The molecule has 0 aliphatic carbocycles.